The molecule has 0 radical (unpaired) electrons. The summed E-state index contributed by atoms with van der Waals surface area (Å²) in [5.41, 5.74) is 3.60. The summed E-state index contributed by atoms with van der Waals surface area (Å²) >= 11 is 0. The number of carboxylic acids is 1. The van der Waals surface area contributed by atoms with E-state index in [-0.39, 0.29) is 31.0 Å². The fourth-order valence-corrected chi connectivity index (χ4v) is 6.07. The fourth-order valence-electron chi connectivity index (χ4n) is 6.07. The molecule has 0 unspecified atom stereocenters. The molecule has 1 aliphatic heterocycles. The summed E-state index contributed by atoms with van der Waals surface area (Å²) < 4.78 is 22.4. The van der Waals surface area contributed by atoms with Gasteiger partial charge in [0, 0.05) is 49.1 Å². The van der Waals surface area contributed by atoms with Crippen molar-refractivity contribution in [1.29, 1.82) is 0 Å². The second kappa shape index (κ2) is 11.6. The second-order valence-electron chi connectivity index (χ2n) is 11.6. The highest BCUT2D eigenvalue weighted by molar-refractivity contribution is 5.92. The van der Waals surface area contributed by atoms with Gasteiger partial charge in [0.2, 0.25) is 0 Å². The molecule has 2 aromatic heterocycles. The van der Waals surface area contributed by atoms with Crippen LogP contribution in [-0.4, -0.2) is 68.8 Å². The summed E-state index contributed by atoms with van der Waals surface area (Å²) in [4.78, 5) is 35.6. The lowest BCUT2D eigenvalue weighted by molar-refractivity contribution is -0.141. The van der Waals surface area contributed by atoms with Crippen molar-refractivity contribution in [2.24, 2.45) is 5.41 Å². The highest BCUT2D eigenvalue weighted by Gasteiger charge is 2.43. The van der Waals surface area contributed by atoms with Crippen LogP contribution in [0.25, 0.3) is 22.3 Å². The number of likely N-dealkylation sites (tertiary alicyclic amines) is 1. The zero-order valence-electron chi connectivity index (χ0n) is 24.2. The molecule has 0 bridgehead atoms. The number of hydrogen-bond acceptors (Lipinski definition) is 7. The van der Waals surface area contributed by atoms with Crippen LogP contribution in [0, 0.1) is 18.2 Å². The number of rotatable bonds is 10. The molecule has 1 aliphatic carbocycles. The normalized spacial score (nSPS) is 19.0. The molecule has 2 aromatic carbocycles. The Kier molecular flexibility index (Phi) is 7.74. The monoisotopic (exact) mass is 586 g/mol. The second-order valence-corrected chi connectivity index (χ2v) is 11.6. The van der Waals surface area contributed by atoms with E-state index in [1.165, 1.54) is 17.0 Å². The number of carbonyl (C=O) groups is 2. The number of benzene rings is 2. The molecule has 2 aliphatic rings. The number of fused-ring (bicyclic) bond motifs is 1. The van der Waals surface area contributed by atoms with E-state index in [1.807, 2.05) is 56.4 Å². The first-order valence-electron chi connectivity index (χ1n) is 14.5. The summed E-state index contributed by atoms with van der Waals surface area (Å²) in [6, 6.07) is 16.2. The van der Waals surface area contributed by atoms with Gasteiger partial charge >= 0.3 is 12.1 Å². The molecule has 10 nitrogen and oxygen atoms in total. The van der Waals surface area contributed by atoms with E-state index in [9.17, 15) is 19.1 Å². The van der Waals surface area contributed by atoms with Crippen LogP contribution in [0.5, 0.6) is 0 Å². The molecule has 11 heteroatoms. The van der Waals surface area contributed by atoms with Gasteiger partial charge in [0.1, 0.15) is 30.1 Å². The van der Waals surface area contributed by atoms with Gasteiger partial charge < -0.3 is 25.0 Å². The van der Waals surface area contributed by atoms with Crippen LogP contribution < -0.4 is 10.6 Å². The molecule has 43 heavy (non-hydrogen) atoms. The van der Waals surface area contributed by atoms with Gasteiger partial charge in [0.15, 0.2) is 0 Å². The fraction of sp³-hybridized carbons (Fsp3) is 0.375. The third-order valence-corrected chi connectivity index (χ3v) is 8.40. The average Bonchev–Trinajstić information content (AvgIpc) is 3.49. The Labute approximate surface area is 248 Å². The van der Waals surface area contributed by atoms with E-state index >= 15 is 0 Å². The number of aromatic nitrogens is 3. The quantitative estimate of drug-likeness (QED) is 0.242. The maximum Gasteiger partial charge on any atom is 0.410 e. The Morgan fingerprint density at radius 2 is 1.91 bits per heavy atom. The number of amides is 1. The standard InChI is InChI=1S/C32H35FN6O4/c1-20-35-26-14-22(33)13-24(29(26)39(20)19-32(11-12-32)18-34-2)25-9-6-10-28(37-25)36-23-15-27(30(40)41)38(16-23)31(42)43-17-21-7-4-3-5-8-21/h3-10,13-14,23,27,34H,11-12,15-19H2,1-2H3,(H,36,37)(H,40,41)/t23-,27-/m0/s1. The lowest BCUT2D eigenvalue weighted by Crippen LogP contribution is -2.41. The van der Waals surface area contributed by atoms with E-state index in [2.05, 4.69) is 20.2 Å². The molecule has 6 rings (SSSR count). The maximum absolute atomic E-state index is 14.8. The van der Waals surface area contributed by atoms with Crippen molar-refractivity contribution in [1.82, 2.24) is 24.8 Å². The van der Waals surface area contributed by atoms with Gasteiger partial charge in [-0.3, -0.25) is 4.90 Å². The minimum absolute atomic E-state index is 0.0540. The van der Waals surface area contributed by atoms with Crippen LogP contribution in [0.4, 0.5) is 15.0 Å². The third-order valence-electron chi connectivity index (χ3n) is 8.40. The molecular weight excluding hydrogens is 551 g/mol. The van der Waals surface area contributed by atoms with Crippen LogP contribution >= 0.6 is 0 Å². The highest BCUT2D eigenvalue weighted by atomic mass is 19.1. The van der Waals surface area contributed by atoms with Gasteiger partial charge in [-0.15, -0.1) is 0 Å². The van der Waals surface area contributed by atoms with Crippen molar-refractivity contribution in [3.8, 4) is 11.3 Å². The summed E-state index contributed by atoms with van der Waals surface area (Å²) in [7, 11) is 1.96. The number of nitrogens with zero attached hydrogens (tertiary/aromatic N) is 4. The minimum atomic E-state index is -1.10. The van der Waals surface area contributed by atoms with Crippen LogP contribution in [-0.2, 0) is 22.7 Å². The Morgan fingerprint density at radius 1 is 1.12 bits per heavy atom. The van der Waals surface area contributed by atoms with Crippen molar-refractivity contribution in [2.75, 3.05) is 25.5 Å². The molecule has 1 saturated heterocycles. The molecule has 224 valence electrons. The Balaban J connectivity index is 1.23. The van der Waals surface area contributed by atoms with Gasteiger partial charge in [-0.1, -0.05) is 36.4 Å². The highest BCUT2D eigenvalue weighted by Crippen LogP contribution is 2.47. The van der Waals surface area contributed by atoms with Gasteiger partial charge in [0.05, 0.1) is 16.7 Å². The van der Waals surface area contributed by atoms with Gasteiger partial charge in [0.25, 0.3) is 0 Å². The number of pyridine rings is 1. The average molecular weight is 587 g/mol. The SMILES string of the molecule is CNCC1(Cn2c(C)nc3cc(F)cc(-c4cccc(N[C@H]5C[C@@H](C(=O)O)N(C(=O)OCc6ccccc6)C5)n4)c32)CC1. The van der Waals surface area contributed by atoms with E-state index < -0.39 is 23.9 Å². The molecular formula is C32H35FN6O4. The number of anilines is 1. The van der Waals surface area contributed by atoms with E-state index in [0.717, 1.165) is 42.8 Å². The van der Waals surface area contributed by atoms with Crippen molar-refractivity contribution in [3.05, 3.63) is 77.9 Å². The molecule has 2 fully saturated rings. The zero-order chi connectivity index (χ0) is 30.1. The van der Waals surface area contributed by atoms with Crippen molar-refractivity contribution in [3.63, 3.8) is 0 Å². The van der Waals surface area contributed by atoms with Crippen molar-refractivity contribution in [2.45, 2.75) is 51.4 Å². The van der Waals surface area contributed by atoms with Crippen LogP contribution in [0.15, 0.2) is 60.7 Å². The number of nitrogens with one attached hydrogen (secondary N) is 2. The first kappa shape index (κ1) is 28.6. The van der Waals surface area contributed by atoms with E-state index in [0.29, 0.717) is 22.6 Å². The van der Waals surface area contributed by atoms with Crippen molar-refractivity contribution >= 4 is 28.9 Å². The Morgan fingerprint density at radius 3 is 2.63 bits per heavy atom. The number of hydrogen-bond donors (Lipinski definition) is 3. The Hall–Kier alpha value is -4.51. The molecule has 0 spiro atoms. The lowest BCUT2D eigenvalue weighted by Gasteiger charge is -2.21. The minimum Gasteiger partial charge on any atom is -0.480 e. The largest absolute Gasteiger partial charge is 0.480 e. The van der Waals surface area contributed by atoms with Crippen LogP contribution in [0.3, 0.4) is 0 Å². The summed E-state index contributed by atoms with van der Waals surface area (Å²) in [6.45, 7) is 3.81. The topological polar surface area (TPSA) is 122 Å². The van der Waals surface area contributed by atoms with E-state index in [1.54, 1.807) is 6.07 Å². The molecule has 2 atom stereocenters. The molecule has 1 amide bonds. The summed E-state index contributed by atoms with van der Waals surface area (Å²) in [5, 5.41) is 16.4. The van der Waals surface area contributed by atoms with E-state index in [4.69, 9.17) is 9.72 Å². The van der Waals surface area contributed by atoms with Crippen molar-refractivity contribution < 1.29 is 23.8 Å². The predicted molar refractivity (Wildman–Crippen MR) is 160 cm³/mol. The number of halogens is 1. The Bertz CT molecular complexity index is 1650. The van der Waals surface area contributed by atoms with Gasteiger partial charge in [-0.05, 0) is 50.6 Å². The zero-order valence-corrected chi connectivity index (χ0v) is 24.2. The molecule has 3 heterocycles. The number of aryl methyl sites for hydroxylation is 1. The summed E-state index contributed by atoms with van der Waals surface area (Å²) in [6.07, 6.45) is 1.75. The van der Waals surface area contributed by atoms with Crippen LogP contribution in [0.1, 0.15) is 30.7 Å². The number of carboxylic acid groups (broad SMARTS) is 1. The third kappa shape index (κ3) is 6.03. The predicted octanol–water partition coefficient (Wildman–Crippen LogP) is 4.82. The molecule has 3 N–H and O–H groups in total. The molecule has 1 saturated carbocycles. The number of carbonyl (C=O) groups excluding carboxylic acids is 1. The first-order chi connectivity index (χ1) is 20.7. The first-order valence-corrected chi connectivity index (χ1v) is 14.5. The maximum atomic E-state index is 14.8. The molecule has 4 aromatic rings. The summed E-state index contributed by atoms with van der Waals surface area (Å²) in [5.74, 6) is -0.169. The number of aliphatic carboxylic acids is 1. The number of ether oxygens (including phenoxy) is 1. The van der Waals surface area contributed by atoms with Gasteiger partial charge in [-0.25, -0.2) is 23.9 Å². The van der Waals surface area contributed by atoms with Crippen LogP contribution in [0.2, 0.25) is 0 Å². The number of imidazole rings is 1. The lowest BCUT2D eigenvalue weighted by atomic mass is 10.1. The van der Waals surface area contributed by atoms with Gasteiger partial charge in [-0.2, -0.15) is 0 Å². The smallest absolute Gasteiger partial charge is 0.410 e.